The van der Waals surface area contributed by atoms with Gasteiger partial charge in [0.25, 0.3) is 0 Å². The van der Waals surface area contributed by atoms with Crippen molar-refractivity contribution in [1.29, 1.82) is 0 Å². The average molecular weight is 386 g/mol. The van der Waals surface area contributed by atoms with E-state index in [0.29, 0.717) is 0 Å². The number of imidazole rings is 2. The van der Waals surface area contributed by atoms with Crippen molar-refractivity contribution < 1.29 is 0 Å². The summed E-state index contributed by atoms with van der Waals surface area (Å²) in [5.74, 6) is 1.68. The van der Waals surface area contributed by atoms with Gasteiger partial charge in [0.05, 0.1) is 22.1 Å². The molecule has 0 aliphatic heterocycles. The van der Waals surface area contributed by atoms with E-state index in [9.17, 15) is 0 Å². The third kappa shape index (κ3) is 2.70. The lowest BCUT2D eigenvalue weighted by Gasteiger charge is -2.12. The van der Waals surface area contributed by atoms with Gasteiger partial charge in [-0.15, -0.1) is 0 Å². The number of nitrogens with one attached hydrogen (secondary N) is 2. The van der Waals surface area contributed by atoms with E-state index in [4.69, 9.17) is 9.97 Å². The number of aromatic amines is 2. The molecule has 142 valence electrons. The van der Waals surface area contributed by atoms with Gasteiger partial charge in [0, 0.05) is 11.1 Å². The van der Waals surface area contributed by atoms with Gasteiger partial charge in [0.1, 0.15) is 11.6 Å². The van der Waals surface area contributed by atoms with Crippen LogP contribution in [0.25, 0.3) is 56.0 Å². The molecule has 0 saturated carbocycles. The zero-order chi connectivity index (χ0) is 19.9. The Bertz CT molecular complexity index is 1430. The lowest BCUT2D eigenvalue weighted by atomic mass is 9.94. The molecule has 4 aromatic carbocycles. The highest BCUT2D eigenvalue weighted by Crippen LogP contribution is 2.39. The summed E-state index contributed by atoms with van der Waals surface area (Å²) in [6.45, 7) is 0. The second-order valence-electron chi connectivity index (χ2n) is 7.30. The number of fused-ring (bicyclic) bond motifs is 2. The number of para-hydroxylation sites is 4. The van der Waals surface area contributed by atoms with Crippen molar-refractivity contribution in [2.24, 2.45) is 0 Å². The van der Waals surface area contributed by atoms with Crippen LogP contribution < -0.4 is 0 Å². The van der Waals surface area contributed by atoms with Crippen molar-refractivity contribution in [3.8, 4) is 33.9 Å². The maximum atomic E-state index is 4.91. The van der Waals surface area contributed by atoms with Crippen molar-refractivity contribution in [2.75, 3.05) is 0 Å². The molecule has 2 heterocycles. The van der Waals surface area contributed by atoms with Crippen molar-refractivity contribution in [2.45, 2.75) is 0 Å². The Morgan fingerprint density at radius 1 is 0.467 bits per heavy atom. The van der Waals surface area contributed by atoms with Gasteiger partial charge in [-0.05, 0) is 35.4 Å². The van der Waals surface area contributed by atoms with Crippen LogP contribution in [0.15, 0.2) is 97.1 Å². The summed E-state index contributed by atoms with van der Waals surface area (Å²) < 4.78 is 0. The number of aromatic nitrogens is 4. The highest BCUT2D eigenvalue weighted by atomic mass is 14.9. The molecular formula is C26H18N4. The van der Waals surface area contributed by atoms with Gasteiger partial charge in [0.2, 0.25) is 0 Å². The van der Waals surface area contributed by atoms with Gasteiger partial charge >= 0.3 is 0 Å². The molecule has 30 heavy (non-hydrogen) atoms. The summed E-state index contributed by atoms with van der Waals surface area (Å²) in [4.78, 5) is 16.8. The Kier molecular flexibility index (Phi) is 3.74. The topological polar surface area (TPSA) is 57.4 Å². The van der Waals surface area contributed by atoms with Crippen LogP contribution in [0.5, 0.6) is 0 Å². The zero-order valence-electron chi connectivity index (χ0n) is 16.1. The lowest BCUT2D eigenvalue weighted by Crippen LogP contribution is -1.93. The maximum Gasteiger partial charge on any atom is 0.139 e. The fourth-order valence-corrected chi connectivity index (χ4v) is 4.01. The highest BCUT2D eigenvalue weighted by molar-refractivity contribution is 5.94. The molecule has 4 nitrogen and oxygen atoms in total. The van der Waals surface area contributed by atoms with Gasteiger partial charge in [-0.3, -0.25) is 0 Å². The minimum atomic E-state index is 0.837. The Morgan fingerprint density at radius 3 is 1.73 bits per heavy atom. The second-order valence-corrected chi connectivity index (χ2v) is 7.30. The van der Waals surface area contributed by atoms with Crippen molar-refractivity contribution in [3.63, 3.8) is 0 Å². The van der Waals surface area contributed by atoms with Crippen LogP contribution in [-0.2, 0) is 0 Å². The predicted molar refractivity (Wildman–Crippen MR) is 122 cm³/mol. The largest absolute Gasteiger partial charge is 0.338 e. The lowest BCUT2D eigenvalue weighted by molar-refractivity contribution is 1.30. The number of rotatable bonds is 3. The van der Waals surface area contributed by atoms with Crippen LogP contribution in [0.4, 0.5) is 0 Å². The Hall–Kier alpha value is -4.18. The second kappa shape index (κ2) is 6.71. The molecular weight excluding hydrogens is 368 g/mol. The zero-order valence-corrected chi connectivity index (χ0v) is 16.1. The van der Waals surface area contributed by atoms with Crippen LogP contribution in [0, 0.1) is 0 Å². The van der Waals surface area contributed by atoms with Gasteiger partial charge in [-0.1, -0.05) is 72.8 Å². The number of nitrogens with zero attached hydrogens (tertiary/aromatic N) is 2. The summed E-state index contributed by atoms with van der Waals surface area (Å²) in [6, 6.07) is 33.0. The first kappa shape index (κ1) is 16.7. The van der Waals surface area contributed by atoms with E-state index in [-0.39, 0.29) is 0 Å². The van der Waals surface area contributed by atoms with E-state index in [0.717, 1.165) is 56.0 Å². The molecule has 0 aliphatic rings. The summed E-state index contributed by atoms with van der Waals surface area (Å²) in [5, 5.41) is 0. The minimum Gasteiger partial charge on any atom is -0.338 e. The average Bonchev–Trinajstić information content (AvgIpc) is 3.43. The van der Waals surface area contributed by atoms with E-state index in [1.807, 2.05) is 48.5 Å². The number of H-pyrrole nitrogens is 2. The molecule has 2 N–H and O–H groups in total. The smallest absolute Gasteiger partial charge is 0.139 e. The van der Waals surface area contributed by atoms with Gasteiger partial charge in [-0.2, -0.15) is 0 Å². The number of benzene rings is 4. The molecule has 0 saturated heterocycles. The third-order valence-corrected chi connectivity index (χ3v) is 5.42. The van der Waals surface area contributed by atoms with E-state index in [1.165, 1.54) is 0 Å². The molecule has 0 amide bonds. The van der Waals surface area contributed by atoms with Crippen LogP contribution in [0.3, 0.4) is 0 Å². The maximum absolute atomic E-state index is 4.91. The number of hydrogen-bond donors (Lipinski definition) is 2. The Labute approximate surface area is 173 Å². The van der Waals surface area contributed by atoms with Crippen LogP contribution in [0.1, 0.15) is 0 Å². The van der Waals surface area contributed by atoms with Gasteiger partial charge in [-0.25, -0.2) is 9.97 Å². The quantitative estimate of drug-likeness (QED) is 0.368. The standard InChI is InChI=1S/C26H18N4/c1-2-9-17(10-3-1)18-11-8-12-19(25-27-20-13-4-5-14-21(20)28-25)24(18)26-29-22-15-6-7-16-23(22)30-26/h1-16H,(H,27,28)(H,29,30). The van der Waals surface area contributed by atoms with Gasteiger partial charge in [0.15, 0.2) is 0 Å². The van der Waals surface area contributed by atoms with Crippen LogP contribution in [-0.4, -0.2) is 19.9 Å². The summed E-state index contributed by atoms with van der Waals surface area (Å²) in [5.41, 5.74) is 8.27. The van der Waals surface area contributed by atoms with E-state index < -0.39 is 0 Å². The Morgan fingerprint density at radius 2 is 1.03 bits per heavy atom. The molecule has 0 unspecified atom stereocenters. The summed E-state index contributed by atoms with van der Waals surface area (Å²) in [6.07, 6.45) is 0. The first-order valence-corrected chi connectivity index (χ1v) is 9.95. The molecule has 2 aromatic heterocycles. The van der Waals surface area contributed by atoms with Crippen LogP contribution >= 0.6 is 0 Å². The van der Waals surface area contributed by atoms with Crippen molar-refractivity contribution >= 4 is 22.1 Å². The Balaban J connectivity index is 1.66. The molecule has 0 aliphatic carbocycles. The normalized spacial score (nSPS) is 11.3. The fourth-order valence-electron chi connectivity index (χ4n) is 4.01. The van der Waals surface area contributed by atoms with Gasteiger partial charge < -0.3 is 9.97 Å². The van der Waals surface area contributed by atoms with E-state index in [1.54, 1.807) is 0 Å². The first-order valence-electron chi connectivity index (χ1n) is 9.95. The molecule has 0 spiro atoms. The monoisotopic (exact) mass is 386 g/mol. The minimum absolute atomic E-state index is 0.837. The molecule has 6 rings (SSSR count). The van der Waals surface area contributed by atoms with E-state index >= 15 is 0 Å². The third-order valence-electron chi connectivity index (χ3n) is 5.42. The molecule has 4 heteroatoms. The molecule has 0 atom stereocenters. The predicted octanol–water partition coefficient (Wildman–Crippen LogP) is 6.44. The summed E-state index contributed by atoms with van der Waals surface area (Å²) in [7, 11) is 0. The fraction of sp³-hybridized carbons (Fsp3) is 0. The van der Waals surface area contributed by atoms with Crippen molar-refractivity contribution in [1.82, 2.24) is 19.9 Å². The van der Waals surface area contributed by atoms with E-state index in [2.05, 4.69) is 58.5 Å². The highest BCUT2D eigenvalue weighted by Gasteiger charge is 2.19. The summed E-state index contributed by atoms with van der Waals surface area (Å²) >= 11 is 0. The molecule has 6 aromatic rings. The van der Waals surface area contributed by atoms with Crippen LogP contribution in [0.2, 0.25) is 0 Å². The van der Waals surface area contributed by atoms with Crippen molar-refractivity contribution in [3.05, 3.63) is 97.1 Å². The first-order chi connectivity index (χ1) is 14.9. The molecule has 0 radical (unpaired) electrons. The molecule has 0 bridgehead atoms. The molecule has 0 fully saturated rings. The SMILES string of the molecule is c1ccc(-c2cccc(-c3nc4ccccc4[nH]3)c2-c2nc3ccccc3[nH]2)cc1. The number of hydrogen-bond acceptors (Lipinski definition) is 2.